The van der Waals surface area contributed by atoms with Gasteiger partial charge in [-0.15, -0.1) is 0 Å². The maximum absolute atomic E-state index is 11.9. The summed E-state index contributed by atoms with van der Waals surface area (Å²) in [6, 6.07) is 6.73. The highest BCUT2D eigenvalue weighted by Gasteiger charge is 2.12. The van der Waals surface area contributed by atoms with E-state index < -0.39 is 5.91 Å². The minimum atomic E-state index is -0.486. The van der Waals surface area contributed by atoms with Gasteiger partial charge in [0.1, 0.15) is 0 Å². The van der Waals surface area contributed by atoms with Crippen molar-refractivity contribution in [1.82, 2.24) is 4.90 Å². The maximum Gasteiger partial charge on any atom is 0.306 e. The molecule has 0 atom stereocenters. The van der Waals surface area contributed by atoms with Crippen LogP contribution in [0.2, 0.25) is 0 Å². The van der Waals surface area contributed by atoms with Gasteiger partial charge in [-0.05, 0) is 24.6 Å². The second-order valence-corrected chi connectivity index (χ2v) is 4.62. The molecule has 0 aliphatic rings. The van der Waals surface area contributed by atoms with Gasteiger partial charge in [-0.25, -0.2) is 0 Å². The van der Waals surface area contributed by atoms with Crippen molar-refractivity contribution in [3.63, 3.8) is 0 Å². The topological polar surface area (TPSA) is 89.7 Å². The van der Waals surface area contributed by atoms with Crippen LogP contribution in [0, 0.1) is 0 Å². The summed E-state index contributed by atoms with van der Waals surface area (Å²) in [6.45, 7) is 2.44. The molecule has 1 rings (SSSR count). The molecular formula is C15H20N2O4. The highest BCUT2D eigenvalue weighted by molar-refractivity contribution is 5.92. The lowest BCUT2D eigenvalue weighted by Gasteiger charge is -2.17. The van der Waals surface area contributed by atoms with Crippen molar-refractivity contribution in [1.29, 1.82) is 0 Å². The third-order valence-corrected chi connectivity index (χ3v) is 2.93. The minimum absolute atomic E-state index is 0.0810. The predicted molar refractivity (Wildman–Crippen MR) is 77.3 cm³/mol. The zero-order chi connectivity index (χ0) is 15.8. The quantitative estimate of drug-likeness (QED) is 0.762. The summed E-state index contributed by atoms with van der Waals surface area (Å²) in [6.07, 6.45) is 0.201. The van der Waals surface area contributed by atoms with Gasteiger partial charge >= 0.3 is 5.97 Å². The largest absolute Gasteiger partial charge is 0.466 e. The number of carbonyl (C=O) groups is 3. The Kier molecular flexibility index (Phi) is 6.39. The van der Waals surface area contributed by atoms with E-state index in [4.69, 9.17) is 10.5 Å². The number of nitrogens with two attached hydrogens (primary N) is 1. The van der Waals surface area contributed by atoms with Crippen LogP contribution in [0.15, 0.2) is 24.3 Å². The van der Waals surface area contributed by atoms with E-state index >= 15 is 0 Å². The van der Waals surface area contributed by atoms with Crippen molar-refractivity contribution in [2.24, 2.45) is 5.73 Å². The molecule has 0 aliphatic heterocycles. The predicted octanol–water partition coefficient (Wildman–Crippen LogP) is 1.09. The lowest BCUT2D eigenvalue weighted by atomic mass is 10.1. The van der Waals surface area contributed by atoms with E-state index in [1.807, 2.05) is 0 Å². The van der Waals surface area contributed by atoms with E-state index in [-0.39, 0.29) is 24.7 Å². The Balaban J connectivity index is 2.48. The highest BCUT2D eigenvalue weighted by atomic mass is 16.5. The number of benzene rings is 1. The first-order valence-corrected chi connectivity index (χ1v) is 6.72. The van der Waals surface area contributed by atoms with E-state index in [1.54, 1.807) is 38.2 Å². The summed E-state index contributed by atoms with van der Waals surface area (Å²) in [5.74, 6) is -0.993. The van der Waals surface area contributed by atoms with Gasteiger partial charge in [0.25, 0.3) is 0 Å². The summed E-state index contributed by atoms with van der Waals surface area (Å²) in [5, 5.41) is 0. The molecule has 2 N–H and O–H groups in total. The van der Waals surface area contributed by atoms with E-state index in [2.05, 4.69) is 0 Å². The van der Waals surface area contributed by atoms with Gasteiger partial charge in [0.05, 0.1) is 13.0 Å². The number of carbonyl (C=O) groups excluding carboxylic acids is 3. The van der Waals surface area contributed by atoms with E-state index in [9.17, 15) is 14.4 Å². The molecule has 1 aromatic carbocycles. The van der Waals surface area contributed by atoms with Crippen molar-refractivity contribution in [3.05, 3.63) is 35.4 Å². The summed E-state index contributed by atoms with van der Waals surface area (Å²) in [7, 11) is 1.66. The SMILES string of the molecule is CCOC(=O)CCC(=O)N(C)Cc1ccc(C(N)=O)cc1. The number of hydrogen-bond acceptors (Lipinski definition) is 4. The molecule has 0 bridgehead atoms. The third-order valence-electron chi connectivity index (χ3n) is 2.93. The fraction of sp³-hybridized carbons (Fsp3) is 0.400. The van der Waals surface area contributed by atoms with Gasteiger partial charge in [-0.2, -0.15) is 0 Å². The molecule has 0 unspecified atom stereocenters. The second kappa shape index (κ2) is 8.04. The maximum atomic E-state index is 11.9. The van der Waals surface area contributed by atoms with Gasteiger partial charge in [0.15, 0.2) is 0 Å². The van der Waals surface area contributed by atoms with E-state index in [0.29, 0.717) is 18.7 Å². The van der Waals surface area contributed by atoms with Gasteiger partial charge in [0.2, 0.25) is 11.8 Å². The molecule has 0 fully saturated rings. The number of ether oxygens (including phenoxy) is 1. The van der Waals surface area contributed by atoms with Crippen molar-refractivity contribution < 1.29 is 19.1 Å². The van der Waals surface area contributed by atoms with Crippen LogP contribution in [-0.4, -0.2) is 36.3 Å². The minimum Gasteiger partial charge on any atom is -0.466 e. The number of primary amides is 1. The molecule has 0 heterocycles. The molecule has 114 valence electrons. The highest BCUT2D eigenvalue weighted by Crippen LogP contribution is 2.08. The van der Waals surface area contributed by atoms with Gasteiger partial charge in [-0.1, -0.05) is 12.1 Å². The monoisotopic (exact) mass is 292 g/mol. The number of rotatable bonds is 7. The summed E-state index contributed by atoms with van der Waals surface area (Å²) in [4.78, 5) is 35.6. The van der Waals surface area contributed by atoms with Gasteiger partial charge in [-0.3, -0.25) is 14.4 Å². The molecule has 6 nitrogen and oxygen atoms in total. The molecule has 0 radical (unpaired) electrons. The molecular weight excluding hydrogens is 272 g/mol. The van der Waals surface area contributed by atoms with Crippen molar-refractivity contribution >= 4 is 17.8 Å². The smallest absolute Gasteiger partial charge is 0.306 e. The molecule has 0 saturated heterocycles. The first-order valence-electron chi connectivity index (χ1n) is 6.72. The third kappa shape index (κ3) is 5.64. The van der Waals surface area contributed by atoms with Crippen LogP contribution in [0.25, 0.3) is 0 Å². The Morgan fingerprint density at radius 3 is 2.29 bits per heavy atom. The first kappa shape index (κ1) is 16.7. The number of amides is 2. The molecule has 6 heteroatoms. The van der Waals surface area contributed by atoms with Crippen LogP contribution in [0.3, 0.4) is 0 Å². The van der Waals surface area contributed by atoms with E-state index in [0.717, 1.165) is 5.56 Å². The average Bonchev–Trinajstić information content (AvgIpc) is 2.45. The van der Waals surface area contributed by atoms with Crippen LogP contribution in [-0.2, 0) is 20.9 Å². The zero-order valence-electron chi connectivity index (χ0n) is 12.3. The van der Waals surface area contributed by atoms with Crippen LogP contribution < -0.4 is 5.73 Å². The van der Waals surface area contributed by atoms with Crippen molar-refractivity contribution in [3.8, 4) is 0 Å². The average molecular weight is 292 g/mol. The lowest BCUT2D eigenvalue weighted by Crippen LogP contribution is -2.26. The van der Waals surface area contributed by atoms with E-state index in [1.165, 1.54) is 4.90 Å². The number of nitrogens with zero attached hydrogens (tertiary/aromatic N) is 1. The number of esters is 1. The van der Waals surface area contributed by atoms with Gasteiger partial charge in [0, 0.05) is 25.6 Å². The molecule has 1 aromatic rings. The van der Waals surface area contributed by atoms with Gasteiger partial charge < -0.3 is 15.4 Å². The molecule has 21 heavy (non-hydrogen) atoms. The van der Waals surface area contributed by atoms with Crippen LogP contribution in [0.1, 0.15) is 35.7 Å². The summed E-state index contributed by atoms with van der Waals surface area (Å²) >= 11 is 0. The normalized spacial score (nSPS) is 10.0. The fourth-order valence-electron chi connectivity index (χ4n) is 1.77. The molecule has 0 aromatic heterocycles. The van der Waals surface area contributed by atoms with Crippen LogP contribution in [0.5, 0.6) is 0 Å². The summed E-state index contributed by atoms with van der Waals surface area (Å²) in [5.41, 5.74) is 6.47. The Hall–Kier alpha value is -2.37. The first-order chi connectivity index (χ1) is 9.93. The molecule has 0 aliphatic carbocycles. The van der Waals surface area contributed by atoms with Crippen molar-refractivity contribution in [2.75, 3.05) is 13.7 Å². The number of hydrogen-bond donors (Lipinski definition) is 1. The Morgan fingerprint density at radius 1 is 1.14 bits per heavy atom. The molecule has 0 spiro atoms. The second-order valence-electron chi connectivity index (χ2n) is 4.62. The van der Waals surface area contributed by atoms with Crippen molar-refractivity contribution in [2.45, 2.75) is 26.3 Å². The Bertz CT molecular complexity index is 511. The Labute approximate surface area is 123 Å². The molecule has 0 saturated carbocycles. The lowest BCUT2D eigenvalue weighted by molar-refractivity contribution is -0.145. The van der Waals surface area contributed by atoms with Crippen LogP contribution >= 0.6 is 0 Å². The molecule has 2 amide bonds. The fourth-order valence-corrected chi connectivity index (χ4v) is 1.77. The standard InChI is InChI=1S/C15H20N2O4/c1-3-21-14(19)9-8-13(18)17(2)10-11-4-6-12(7-5-11)15(16)20/h4-7H,3,8-10H2,1-2H3,(H2,16,20). The Morgan fingerprint density at radius 2 is 1.76 bits per heavy atom. The summed E-state index contributed by atoms with van der Waals surface area (Å²) < 4.78 is 4.77. The van der Waals surface area contributed by atoms with Crippen LogP contribution in [0.4, 0.5) is 0 Å². The zero-order valence-corrected chi connectivity index (χ0v) is 12.3.